The van der Waals surface area contributed by atoms with Crippen LogP contribution in [0.5, 0.6) is 0 Å². The van der Waals surface area contributed by atoms with E-state index in [1.54, 1.807) is 0 Å². The van der Waals surface area contributed by atoms with E-state index >= 15 is 0 Å². The summed E-state index contributed by atoms with van der Waals surface area (Å²) in [5, 5.41) is 3.64. The van der Waals surface area contributed by atoms with E-state index in [0.29, 0.717) is 5.00 Å². The van der Waals surface area contributed by atoms with Gasteiger partial charge < -0.3 is 11.1 Å². The van der Waals surface area contributed by atoms with Crippen LogP contribution in [0.2, 0.25) is 0 Å². The van der Waals surface area contributed by atoms with Crippen molar-refractivity contribution >= 4 is 44.0 Å². The number of nitrogens with zero attached hydrogens (tertiary/aromatic N) is 1. The molecule has 0 amide bonds. The summed E-state index contributed by atoms with van der Waals surface area (Å²) in [6.45, 7) is 2.98. The maximum atomic E-state index is 12.4. The van der Waals surface area contributed by atoms with Gasteiger partial charge in [-0.3, -0.25) is 0 Å². The molecule has 1 aliphatic carbocycles. The Morgan fingerprint density at radius 3 is 2.85 bits per heavy atom. The van der Waals surface area contributed by atoms with Gasteiger partial charge >= 0.3 is 0 Å². The second-order valence-corrected chi connectivity index (χ2v) is 10.3. The second-order valence-electron chi connectivity index (χ2n) is 5.73. The molecule has 5 nitrogen and oxygen atoms in total. The Morgan fingerprint density at radius 2 is 2.25 bits per heavy atom. The molecular weight excluding hydrogens is 314 g/mol. The fourth-order valence-electron chi connectivity index (χ4n) is 2.47. The quantitative estimate of drug-likeness (QED) is 0.860. The lowest BCUT2D eigenvalue weighted by Gasteiger charge is -2.23. The summed E-state index contributed by atoms with van der Waals surface area (Å²) in [7, 11) is -3.30. The van der Waals surface area contributed by atoms with E-state index in [1.165, 1.54) is 12.2 Å². The molecule has 112 valence electrons. The van der Waals surface area contributed by atoms with Gasteiger partial charge in [0, 0.05) is 11.3 Å². The van der Waals surface area contributed by atoms with Gasteiger partial charge in [-0.1, -0.05) is 0 Å². The molecule has 2 fully saturated rings. The van der Waals surface area contributed by atoms with Crippen molar-refractivity contribution in [3.8, 4) is 0 Å². The lowest BCUT2D eigenvalue weighted by Crippen LogP contribution is -2.27. The highest BCUT2D eigenvalue weighted by Gasteiger charge is 2.41. The molecule has 3 rings (SSSR count). The molecular formula is C12H19N3O2S3. The van der Waals surface area contributed by atoms with Crippen molar-refractivity contribution in [2.45, 2.75) is 47.5 Å². The van der Waals surface area contributed by atoms with Gasteiger partial charge in [-0.25, -0.2) is 8.42 Å². The van der Waals surface area contributed by atoms with Crippen molar-refractivity contribution in [2.75, 3.05) is 23.3 Å². The molecule has 1 saturated carbocycles. The predicted molar refractivity (Wildman–Crippen MR) is 85.3 cm³/mol. The van der Waals surface area contributed by atoms with Crippen LogP contribution in [0.4, 0.5) is 10.8 Å². The molecule has 0 spiro atoms. The first-order valence-electron chi connectivity index (χ1n) is 6.79. The standard InChI is InChI=1S/C12H19N3O2S3/c1-12(5-2-6-18-12)7-14-11-9(10(13)15-19-11)20(16,17)8-3-4-8/h8,14H,2-7H2,1H3,(H2,13,15). The summed E-state index contributed by atoms with van der Waals surface area (Å²) in [4.78, 5) is 0.233. The van der Waals surface area contributed by atoms with Gasteiger partial charge in [0.1, 0.15) is 9.90 Å². The number of thioether (sulfide) groups is 1. The van der Waals surface area contributed by atoms with Gasteiger partial charge in [0.05, 0.1) is 5.25 Å². The molecule has 0 radical (unpaired) electrons. The number of hydrogen-bond donors (Lipinski definition) is 2. The number of hydrogen-bond acceptors (Lipinski definition) is 7. The highest BCUT2D eigenvalue weighted by molar-refractivity contribution is 8.00. The van der Waals surface area contributed by atoms with Crippen LogP contribution in [-0.4, -0.2) is 35.1 Å². The zero-order chi connectivity index (χ0) is 14.4. The molecule has 0 bridgehead atoms. The minimum atomic E-state index is -3.30. The van der Waals surface area contributed by atoms with E-state index in [0.717, 1.165) is 37.3 Å². The third-order valence-electron chi connectivity index (χ3n) is 3.85. The van der Waals surface area contributed by atoms with Gasteiger partial charge in [-0.15, -0.1) is 0 Å². The molecule has 1 aromatic heterocycles. The Labute approximate surface area is 127 Å². The van der Waals surface area contributed by atoms with Crippen LogP contribution in [0.1, 0.15) is 32.6 Å². The van der Waals surface area contributed by atoms with Crippen molar-refractivity contribution in [1.82, 2.24) is 4.37 Å². The molecule has 1 aliphatic heterocycles. The Morgan fingerprint density at radius 1 is 1.50 bits per heavy atom. The van der Waals surface area contributed by atoms with Gasteiger partial charge in [0.25, 0.3) is 0 Å². The molecule has 1 saturated heterocycles. The van der Waals surface area contributed by atoms with Gasteiger partial charge in [-0.2, -0.15) is 16.1 Å². The smallest absolute Gasteiger partial charge is 0.187 e. The number of aromatic nitrogens is 1. The normalized spacial score (nSPS) is 26.9. The first-order valence-corrected chi connectivity index (χ1v) is 10.1. The molecule has 8 heteroatoms. The average Bonchev–Trinajstić information content (AvgIpc) is 3.07. The average molecular weight is 334 g/mol. The second kappa shape index (κ2) is 5.06. The van der Waals surface area contributed by atoms with Crippen molar-refractivity contribution in [3.63, 3.8) is 0 Å². The van der Waals surface area contributed by atoms with Crippen LogP contribution in [0.25, 0.3) is 0 Å². The summed E-state index contributed by atoms with van der Waals surface area (Å²) in [5.74, 6) is 1.32. The summed E-state index contributed by atoms with van der Waals surface area (Å²) < 4.78 is 29.0. The first-order chi connectivity index (χ1) is 9.42. The number of rotatable bonds is 5. The first kappa shape index (κ1) is 14.5. The fraction of sp³-hybridized carbons (Fsp3) is 0.750. The molecule has 2 heterocycles. The monoisotopic (exact) mass is 333 g/mol. The number of anilines is 2. The number of sulfone groups is 1. The molecule has 0 aromatic carbocycles. The van der Waals surface area contributed by atoms with E-state index in [-0.39, 0.29) is 20.7 Å². The SMILES string of the molecule is CC1(CNc2snc(N)c2S(=O)(=O)C2CC2)CCCS1. The van der Waals surface area contributed by atoms with Crippen LogP contribution >= 0.6 is 23.3 Å². The van der Waals surface area contributed by atoms with E-state index in [1.807, 2.05) is 11.8 Å². The lowest BCUT2D eigenvalue weighted by molar-refractivity contribution is 0.595. The zero-order valence-electron chi connectivity index (χ0n) is 11.4. The Hall–Kier alpha value is -0.470. The lowest BCUT2D eigenvalue weighted by atomic mass is 10.1. The Kier molecular flexibility index (Phi) is 3.66. The molecule has 2 aliphatic rings. The minimum absolute atomic E-state index is 0.147. The third-order valence-corrected chi connectivity index (χ3v) is 8.66. The largest absolute Gasteiger partial charge is 0.382 e. The van der Waals surface area contributed by atoms with Crippen LogP contribution in [-0.2, 0) is 9.84 Å². The van der Waals surface area contributed by atoms with Crippen molar-refractivity contribution in [1.29, 1.82) is 0 Å². The Balaban J connectivity index is 1.80. The summed E-state index contributed by atoms with van der Waals surface area (Å²) in [6, 6.07) is 0. The third kappa shape index (κ3) is 2.65. The van der Waals surface area contributed by atoms with E-state index < -0.39 is 9.84 Å². The van der Waals surface area contributed by atoms with E-state index in [9.17, 15) is 8.42 Å². The molecule has 20 heavy (non-hydrogen) atoms. The van der Waals surface area contributed by atoms with E-state index in [2.05, 4.69) is 16.6 Å². The van der Waals surface area contributed by atoms with Gasteiger partial charge in [0.2, 0.25) is 0 Å². The molecule has 1 atom stereocenters. The van der Waals surface area contributed by atoms with Crippen LogP contribution < -0.4 is 11.1 Å². The molecule has 1 unspecified atom stereocenters. The number of nitrogen functional groups attached to an aromatic ring is 1. The van der Waals surface area contributed by atoms with Gasteiger partial charge in [0.15, 0.2) is 15.7 Å². The van der Waals surface area contributed by atoms with Crippen LogP contribution in [0.15, 0.2) is 4.90 Å². The fourth-order valence-corrected chi connectivity index (χ4v) is 6.60. The zero-order valence-corrected chi connectivity index (χ0v) is 13.8. The summed E-state index contributed by atoms with van der Waals surface area (Å²) in [6.07, 6.45) is 3.86. The highest BCUT2D eigenvalue weighted by atomic mass is 32.2. The topological polar surface area (TPSA) is 85.1 Å². The molecule has 3 N–H and O–H groups in total. The molecule has 1 aromatic rings. The van der Waals surface area contributed by atoms with Crippen LogP contribution in [0.3, 0.4) is 0 Å². The van der Waals surface area contributed by atoms with E-state index in [4.69, 9.17) is 5.73 Å². The minimum Gasteiger partial charge on any atom is -0.382 e. The predicted octanol–water partition coefficient (Wildman–Crippen LogP) is 2.36. The Bertz CT molecular complexity index is 601. The summed E-state index contributed by atoms with van der Waals surface area (Å²) in [5.41, 5.74) is 5.78. The van der Waals surface area contributed by atoms with Crippen LogP contribution in [0, 0.1) is 0 Å². The summed E-state index contributed by atoms with van der Waals surface area (Å²) >= 11 is 3.10. The van der Waals surface area contributed by atoms with Gasteiger partial charge in [-0.05, 0) is 49.9 Å². The highest BCUT2D eigenvalue weighted by Crippen LogP contribution is 2.42. The van der Waals surface area contributed by atoms with Crippen molar-refractivity contribution < 1.29 is 8.42 Å². The maximum Gasteiger partial charge on any atom is 0.187 e. The number of nitrogens with two attached hydrogens (primary N) is 1. The maximum absolute atomic E-state index is 12.4. The van der Waals surface area contributed by atoms with Crippen molar-refractivity contribution in [3.05, 3.63) is 0 Å². The number of nitrogens with one attached hydrogen (secondary N) is 1. The van der Waals surface area contributed by atoms with Crippen molar-refractivity contribution in [2.24, 2.45) is 0 Å².